The largest absolute Gasteiger partial charge is 0.338 e. The Bertz CT molecular complexity index is 720. The number of carbonyl (C=O) groups excluding carboxylic acids is 1. The predicted molar refractivity (Wildman–Crippen MR) is 82.5 cm³/mol. The van der Waals surface area contributed by atoms with Crippen molar-refractivity contribution >= 4 is 16.9 Å². The van der Waals surface area contributed by atoms with Crippen molar-refractivity contribution in [2.24, 2.45) is 0 Å². The molecule has 5 nitrogen and oxygen atoms in total. The Hall–Kier alpha value is -1.91. The predicted octanol–water partition coefficient (Wildman–Crippen LogP) is 2.65. The molecule has 1 amide bonds. The fraction of sp³-hybridized carbons (Fsp3) is 0.562. The summed E-state index contributed by atoms with van der Waals surface area (Å²) in [5, 5.41) is 5.53. The maximum absolute atomic E-state index is 12.7. The van der Waals surface area contributed by atoms with Gasteiger partial charge in [-0.15, -0.1) is 0 Å². The highest BCUT2D eigenvalue weighted by Gasteiger charge is 2.28. The molecule has 112 valence electrons. The van der Waals surface area contributed by atoms with Gasteiger partial charge in [-0.25, -0.2) is 9.67 Å². The third-order valence-corrected chi connectivity index (χ3v) is 3.95. The van der Waals surface area contributed by atoms with E-state index in [-0.39, 0.29) is 11.4 Å². The summed E-state index contributed by atoms with van der Waals surface area (Å²) in [6.45, 7) is 11.9. The first-order chi connectivity index (χ1) is 9.79. The van der Waals surface area contributed by atoms with Crippen molar-refractivity contribution in [2.75, 3.05) is 13.1 Å². The molecular formula is C16H22N4O. The van der Waals surface area contributed by atoms with E-state index in [1.165, 1.54) is 0 Å². The van der Waals surface area contributed by atoms with Gasteiger partial charge < -0.3 is 4.90 Å². The van der Waals surface area contributed by atoms with Crippen LogP contribution in [0.2, 0.25) is 0 Å². The van der Waals surface area contributed by atoms with Crippen LogP contribution in [-0.2, 0) is 5.54 Å². The number of carbonyl (C=O) groups is 1. The first-order valence-electron chi connectivity index (χ1n) is 7.46. The summed E-state index contributed by atoms with van der Waals surface area (Å²) < 4.78 is 1.93. The summed E-state index contributed by atoms with van der Waals surface area (Å²) >= 11 is 0. The van der Waals surface area contributed by atoms with Crippen molar-refractivity contribution in [3.8, 4) is 0 Å². The number of aromatic nitrogens is 3. The highest BCUT2D eigenvalue weighted by Crippen LogP contribution is 2.28. The number of likely N-dealkylation sites (tertiary alicyclic amines) is 1. The van der Waals surface area contributed by atoms with Crippen molar-refractivity contribution in [3.63, 3.8) is 0 Å². The lowest BCUT2D eigenvalue weighted by Crippen LogP contribution is -2.42. The fourth-order valence-corrected chi connectivity index (χ4v) is 2.74. The minimum absolute atomic E-state index is 0.105. The van der Waals surface area contributed by atoms with E-state index in [0.29, 0.717) is 0 Å². The van der Waals surface area contributed by atoms with Gasteiger partial charge in [0.15, 0.2) is 5.65 Å². The lowest BCUT2D eigenvalue weighted by Gasteiger charge is -2.31. The van der Waals surface area contributed by atoms with Gasteiger partial charge in [0, 0.05) is 18.8 Å². The van der Waals surface area contributed by atoms with Crippen LogP contribution in [0.25, 0.3) is 11.0 Å². The number of nitrogens with zero attached hydrogens (tertiary/aromatic N) is 4. The van der Waals surface area contributed by atoms with Crippen LogP contribution in [0.3, 0.4) is 0 Å². The molecule has 0 bridgehead atoms. The van der Waals surface area contributed by atoms with Crippen molar-refractivity contribution < 1.29 is 4.79 Å². The number of hydrogen-bond donors (Lipinski definition) is 0. The summed E-state index contributed by atoms with van der Waals surface area (Å²) in [4.78, 5) is 19.2. The molecule has 2 aromatic rings. The number of hydrogen-bond acceptors (Lipinski definition) is 3. The molecule has 1 saturated heterocycles. The van der Waals surface area contributed by atoms with E-state index in [1.54, 1.807) is 0 Å². The number of pyridine rings is 1. The molecule has 2 aromatic heterocycles. The first kappa shape index (κ1) is 14.0. The maximum atomic E-state index is 12.7. The average Bonchev–Trinajstić information content (AvgIpc) is 2.63. The molecule has 0 saturated carbocycles. The molecule has 0 unspecified atom stereocenters. The minimum atomic E-state index is -0.162. The molecule has 3 heterocycles. The van der Waals surface area contributed by atoms with Crippen molar-refractivity contribution in [1.29, 1.82) is 0 Å². The standard InChI is InChI=1S/C16H22N4O/c1-10-9-12(15(21)19-7-6-8-19)13-11(2)18-20(14(13)17-10)16(3,4)5/h9H,6-8H2,1-5H3. The lowest BCUT2D eigenvalue weighted by molar-refractivity contribution is 0.0653. The number of aryl methyl sites for hydroxylation is 2. The molecule has 0 atom stereocenters. The van der Waals surface area contributed by atoms with Crippen LogP contribution in [0.4, 0.5) is 0 Å². The quantitative estimate of drug-likeness (QED) is 0.810. The van der Waals surface area contributed by atoms with Crippen LogP contribution in [0.5, 0.6) is 0 Å². The van der Waals surface area contributed by atoms with Gasteiger partial charge in [0.25, 0.3) is 5.91 Å². The van der Waals surface area contributed by atoms with Crippen molar-refractivity contribution in [2.45, 2.75) is 46.6 Å². The zero-order valence-corrected chi connectivity index (χ0v) is 13.4. The van der Waals surface area contributed by atoms with Gasteiger partial charge in [-0.05, 0) is 47.1 Å². The van der Waals surface area contributed by atoms with E-state index in [0.717, 1.165) is 47.5 Å². The van der Waals surface area contributed by atoms with Gasteiger partial charge in [0.1, 0.15) is 0 Å². The van der Waals surface area contributed by atoms with Crippen LogP contribution >= 0.6 is 0 Å². The monoisotopic (exact) mass is 286 g/mol. The minimum Gasteiger partial charge on any atom is -0.338 e. The summed E-state index contributed by atoms with van der Waals surface area (Å²) in [6, 6.07) is 1.89. The topological polar surface area (TPSA) is 51.0 Å². The summed E-state index contributed by atoms with van der Waals surface area (Å²) in [5.41, 5.74) is 3.12. The Balaban J connectivity index is 2.26. The second kappa shape index (κ2) is 4.55. The highest BCUT2D eigenvalue weighted by molar-refractivity contribution is 6.06. The SMILES string of the molecule is Cc1cc(C(=O)N2CCC2)c2c(C)nn(C(C)(C)C)c2n1. The van der Waals surface area contributed by atoms with Gasteiger partial charge in [-0.3, -0.25) is 4.79 Å². The van der Waals surface area contributed by atoms with E-state index in [4.69, 9.17) is 0 Å². The van der Waals surface area contributed by atoms with Crippen LogP contribution < -0.4 is 0 Å². The van der Waals surface area contributed by atoms with Gasteiger partial charge in [0.05, 0.1) is 22.2 Å². The van der Waals surface area contributed by atoms with E-state index in [2.05, 4.69) is 30.9 Å². The normalized spacial score (nSPS) is 15.4. The van der Waals surface area contributed by atoms with Crippen molar-refractivity contribution in [1.82, 2.24) is 19.7 Å². The number of rotatable bonds is 1. The molecule has 1 aliphatic heterocycles. The Kier molecular flexibility index (Phi) is 3.04. The van der Waals surface area contributed by atoms with Crippen LogP contribution in [0, 0.1) is 13.8 Å². The molecule has 0 N–H and O–H groups in total. The third-order valence-electron chi connectivity index (χ3n) is 3.95. The molecule has 21 heavy (non-hydrogen) atoms. The average molecular weight is 286 g/mol. The van der Waals surface area contributed by atoms with Crippen LogP contribution in [-0.4, -0.2) is 38.7 Å². The highest BCUT2D eigenvalue weighted by atomic mass is 16.2. The van der Waals surface area contributed by atoms with E-state index < -0.39 is 0 Å². The smallest absolute Gasteiger partial charge is 0.254 e. The molecule has 1 fully saturated rings. The second-order valence-corrected chi connectivity index (χ2v) is 6.82. The zero-order valence-electron chi connectivity index (χ0n) is 13.4. The summed E-state index contributed by atoms with van der Waals surface area (Å²) in [5.74, 6) is 0.105. The molecule has 0 radical (unpaired) electrons. The molecular weight excluding hydrogens is 264 g/mol. The second-order valence-electron chi connectivity index (χ2n) is 6.82. The molecule has 0 spiro atoms. The van der Waals surface area contributed by atoms with Gasteiger partial charge in [0.2, 0.25) is 0 Å². The van der Waals surface area contributed by atoms with Gasteiger partial charge >= 0.3 is 0 Å². The van der Waals surface area contributed by atoms with E-state index in [1.807, 2.05) is 29.5 Å². The van der Waals surface area contributed by atoms with Gasteiger partial charge in [-0.1, -0.05) is 0 Å². The van der Waals surface area contributed by atoms with Gasteiger partial charge in [-0.2, -0.15) is 5.10 Å². The molecule has 0 aromatic carbocycles. The van der Waals surface area contributed by atoms with Crippen LogP contribution in [0.15, 0.2) is 6.07 Å². The number of fused-ring (bicyclic) bond motifs is 1. The Morgan fingerprint density at radius 1 is 1.24 bits per heavy atom. The number of amides is 1. The van der Waals surface area contributed by atoms with E-state index >= 15 is 0 Å². The molecule has 5 heteroatoms. The molecule has 1 aliphatic rings. The lowest BCUT2D eigenvalue weighted by atomic mass is 10.1. The first-order valence-corrected chi connectivity index (χ1v) is 7.46. The van der Waals surface area contributed by atoms with E-state index in [9.17, 15) is 4.79 Å². The molecule has 3 rings (SSSR count). The molecule has 0 aliphatic carbocycles. The zero-order chi connectivity index (χ0) is 15.4. The van der Waals surface area contributed by atoms with Crippen LogP contribution in [0.1, 0.15) is 48.9 Å². The Morgan fingerprint density at radius 3 is 2.43 bits per heavy atom. The maximum Gasteiger partial charge on any atom is 0.254 e. The summed E-state index contributed by atoms with van der Waals surface area (Å²) in [7, 11) is 0. The fourth-order valence-electron chi connectivity index (χ4n) is 2.74. The Labute approximate surface area is 125 Å². The third kappa shape index (κ3) is 2.20. The van der Waals surface area contributed by atoms with Crippen molar-refractivity contribution in [3.05, 3.63) is 23.0 Å². The Morgan fingerprint density at radius 2 is 1.90 bits per heavy atom. The summed E-state index contributed by atoms with van der Waals surface area (Å²) in [6.07, 6.45) is 1.10.